The number of carbonyl (C=O) groups excluding carboxylic acids is 1. The molecule has 0 bridgehead atoms. The fourth-order valence-electron chi connectivity index (χ4n) is 2.66. The van der Waals surface area contributed by atoms with Gasteiger partial charge < -0.3 is 9.50 Å². The summed E-state index contributed by atoms with van der Waals surface area (Å²) in [6.45, 7) is 0. The molecule has 3 rings (SSSR count). The zero-order valence-corrected chi connectivity index (χ0v) is 15.9. The van der Waals surface area contributed by atoms with Gasteiger partial charge in [0.1, 0.15) is 5.75 Å². The first-order valence-electron chi connectivity index (χ1n) is 8.30. The molecule has 12 heteroatoms. The smallest absolute Gasteiger partial charge is 0.376 e. The Morgan fingerprint density at radius 3 is 2.19 bits per heavy atom. The maximum atomic E-state index is 12.8. The van der Waals surface area contributed by atoms with Crippen molar-refractivity contribution in [3.05, 3.63) is 71.8 Å². The number of rotatable bonds is 4. The van der Waals surface area contributed by atoms with Crippen molar-refractivity contribution in [1.29, 1.82) is 0 Å². The summed E-state index contributed by atoms with van der Waals surface area (Å²) in [6, 6.07) is 11.1. The van der Waals surface area contributed by atoms with Gasteiger partial charge in [-0.3, -0.25) is 4.79 Å². The lowest BCUT2D eigenvalue weighted by Crippen LogP contribution is -2.28. The predicted octanol–water partition coefficient (Wildman–Crippen LogP) is 5.34. The van der Waals surface area contributed by atoms with Crippen LogP contribution in [0.3, 0.4) is 0 Å². The molecule has 31 heavy (non-hydrogen) atoms. The third kappa shape index (κ3) is 4.90. The van der Waals surface area contributed by atoms with Crippen LogP contribution in [0.15, 0.2) is 60.7 Å². The van der Waals surface area contributed by atoms with Gasteiger partial charge in [-0.25, -0.2) is 0 Å². The van der Waals surface area contributed by atoms with Crippen molar-refractivity contribution in [3.8, 4) is 5.75 Å². The summed E-state index contributed by atoms with van der Waals surface area (Å²) in [4.78, 5) is 12.6. The Hall–Kier alpha value is -3.28. The third-order valence-electron chi connectivity index (χ3n) is 4.03. The highest BCUT2D eigenvalue weighted by Gasteiger charge is 2.48. The highest BCUT2D eigenvalue weighted by atomic mass is 32.2. The van der Waals surface area contributed by atoms with E-state index < -0.39 is 39.0 Å². The lowest BCUT2D eigenvalue weighted by Gasteiger charge is -2.12. The first-order valence-corrected chi connectivity index (χ1v) is 9.71. The number of fused-ring (bicyclic) bond motifs is 1. The molecule has 0 saturated carbocycles. The van der Waals surface area contributed by atoms with Gasteiger partial charge in [-0.2, -0.15) is 34.8 Å². The number of alkyl halides is 6. The van der Waals surface area contributed by atoms with E-state index >= 15 is 0 Å². The van der Waals surface area contributed by atoms with Crippen molar-refractivity contribution < 1.29 is 43.7 Å². The number of carbonyl (C=O) groups is 1. The summed E-state index contributed by atoms with van der Waals surface area (Å²) >= 11 is 0. The number of halogens is 6. The Morgan fingerprint density at radius 2 is 1.55 bits per heavy atom. The number of amides is 1. The van der Waals surface area contributed by atoms with E-state index in [0.29, 0.717) is 0 Å². The molecule has 0 saturated heterocycles. The SMILES string of the molecule is O=C(Nc1cccc(C(F)(F)F)c1)c1cccc2cc(OS(=O)(=O)C(F)(F)F)ccc12. The minimum absolute atomic E-state index is 0.000130. The molecule has 0 aliphatic rings. The third-order valence-corrected chi connectivity index (χ3v) is 5.01. The van der Waals surface area contributed by atoms with Crippen LogP contribution in [-0.2, 0) is 16.3 Å². The van der Waals surface area contributed by atoms with Crippen LogP contribution in [0.2, 0.25) is 0 Å². The molecular formula is C19H11F6NO4S. The molecule has 0 radical (unpaired) electrons. The lowest BCUT2D eigenvalue weighted by atomic mass is 10.0. The van der Waals surface area contributed by atoms with Gasteiger partial charge in [0.15, 0.2) is 0 Å². The van der Waals surface area contributed by atoms with Crippen LogP contribution in [0.1, 0.15) is 15.9 Å². The largest absolute Gasteiger partial charge is 0.534 e. The molecule has 0 atom stereocenters. The van der Waals surface area contributed by atoms with Gasteiger partial charge in [0, 0.05) is 11.3 Å². The Labute approximate surface area is 171 Å². The van der Waals surface area contributed by atoms with Crippen LogP contribution in [0.25, 0.3) is 10.8 Å². The summed E-state index contributed by atoms with van der Waals surface area (Å²) in [5.41, 5.74) is -6.70. The molecule has 0 aromatic heterocycles. The molecule has 0 unspecified atom stereocenters. The first-order chi connectivity index (χ1) is 14.3. The average Bonchev–Trinajstić information content (AvgIpc) is 2.65. The van der Waals surface area contributed by atoms with E-state index in [4.69, 9.17) is 0 Å². The summed E-state index contributed by atoms with van der Waals surface area (Å²) in [5, 5.41) is 2.71. The van der Waals surface area contributed by atoms with Gasteiger partial charge in [-0.05, 0) is 53.2 Å². The molecule has 0 aliphatic carbocycles. The second kappa shape index (κ2) is 7.76. The zero-order valence-electron chi connectivity index (χ0n) is 15.1. The normalized spacial score (nSPS) is 12.6. The summed E-state index contributed by atoms with van der Waals surface area (Å²) in [6.07, 6.45) is -4.60. The van der Waals surface area contributed by atoms with E-state index in [9.17, 15) is 39.6 Å². The van der Waals surface area contributed by atoms with Crippen molar-refractivity contribution >= 4 is 32.5 Å². The first kappa shape index (κ1) is 22.4. The Morgan fingerprint density at radius 1 is 0.871 bits per heavy atom. The van der Waals surface area contributed by atoms with Gasteiger partial charge >= 0.3 is 21.8 Å². The highest BCUT2D eigenvalue weighted by Crippen LogP contribution is 2.32. The topological polar surface area (TPSA) is 72.5 Å². The van der Waals surface area contributed by atoms with Crippen LogP contribution < -0.4 is 9.50 Å². The molecule has 1 N–H and O–H groups in total. The van der Waals surface area contributed by atoms with Crippen LogP contribution in [0.4, 0.5) is 32.0 Å². The molecule has 3 aromatic carbocycles. The fourth-order valence-corrected chi connectivity index (χ4v) is 3.11. The summed E-state index contributed by atoms with van der Waals surface area (Å²) in [5.74, 6) is -1.40. The maximum absolute atomic E-state index is 12.8. The van der Waals surface area contributed by atoms with Gasteiger partial charge in [0.25, 0.3) is 5.91 Å². The van der Waals surface area contributed by atoms with Crippen molar-refractivity contribution in [2.45, 2.75) is 11.7 Å². The Bertz CT molecular complexity index is 1250. The van der Waals surface area contributed by atoms with Gasteiger partial charge in [-0.1, -0.05) is 18.2 Å². The van der Waals surface area contributed by atoms with Crippen molar-refractivity contribution in [2.24, 2.45) is 0 Å². The van der Waals surface area contributed by atoms with E-state index in [2.05, 4.69) is 9.50 Å². The van der Waals surface area contributed by atoms with Crippen molar-refractivity contribution in [3.63, 3.8) is 0 Å². The molecule has 164 valence electrons. The number of hydrogen-bond donors (Lipinski definition) is 1. The molecule has 5 nitrogen and oxygen atoms in total. The van der Waals surface area contributed by atoms with E-state index in [1.54, 1.807) is 0 Å². The van der Waals surface area contributed by atoms with Crippen molar-refractivity contribution in [2.75, 3.05) is 5.32 Å². The number of nitrogens with one attached hydrogen (secondary N) is 1. The summed E-state index contributed by atoms with van der Waals surface area (Å²) in [7, 11) is -5.87. The van der Waals surface area contributed by atoms with E-state index in [1.165, 1.54) is 24.3 Å². The monoisotopic (exact) mass is 463 g/mol. The Kier molecular flexibility index (Phi) is 5.61. The molecule has 0 heterocycles. The lowest BCUT2D eigenvalue weighted by molar-refractivity contribution is -0.137. The maximum Gasteiger partial charge on any atom is 0.534 e. The molecule has 0 spiro atoms. The second-order valence-electron chi connectivity index (χ2n) is 6.20. The number of benzene rings is 3. The zero-order chi connectivity index (χ0) is 23.0. The van der Waals surface area contributed by atoms with Crippen LogP contribution in [0.5, 0.6) is 5.75 Å². The molecule has 3 aromatic rings. The quantitative estimate of drug-likeness (QED) is 0.322. The van der Waals surface area contributed by atoms with Crippen molar-refractivity contribution in [1.82, 2.24) is 0 Å². The average molecular weight is 463 g/mol. The standard InChI is InChI=1S/C19H11F6NO4S/c20-18(21,22)12-4-2-5-13(10-12)26-17(27)16-6-1-3-11-9-14(7-8-15(11)16)30-31(28,29)19(23,24)25/h1-10H,(H,26,27). The van der Waals surface area contributed by atoms with Crippen LogP contribution in [0, 0.1) is 0 Å². The molecule has 0 aliphatic heterocycles. The van der Waals surface area contributed by atoms with E-state index in [0.717, 1.165) is 36.4 Å². The van der Waals surface area contributed by atoms with Gasteiger partial charge in [0.05, 0.1) is 5.56 Å². The van der Waals surface area contributed by atoms with Gasteiger partial charge in [0.2, 0.25) is 0 Å². The number of anilines is 1. The molecule has 1 amide bonds. The van der Waals surface area contributed by atoms with Crippen LogP contribution in [-0.4, -0.2) is 19.8 Å². The van der Waals surface area contributed by atoms with Gasteiger partial charge in [-0.15, -0.1) is 0 Å². The van der Waals surface area contributed by atoms with E-state index in [-0.39, 0.29) is 22.0 Å². The van der Waals surface area contributed by atoms with E-state index in [1.807, 2.05) is 0 Å². The predicted molar refractivity (Wildman–Crippen MR) is 98.9 cm³/mol. The number of hydrogen-bond acceptors (Lipinski definition) is 4. The minimum Gasteiger partial charge on any atom is -0.376 e. The molecule has 0 fully saturated rings. The molecular weight excluding hydrogens is 452 g/mol. The Balaban J connectivity index is 1.91. The fraction of sp³-hybridized carbons (Fsp3) is 0.105. The van der Waals surface area contributed by atoms with Crippen LogP contribution >= 0.6 is 0 Å². The summed E-state index contributed by atoms with van der Waals surface area (Å²) < 4.78 is 102. The minimum atomic E-state index is -5.87. The second-order valence-corrected chi connectivity index (χ2v) is 7.74. The highest BCUT2D eigenvalue weighted by molar-refractivity contribution is 7.88.